The monoisotopic (exact) mass is 274 g/mol. The van der Waals surface area contributed by atoms with E-state index in [4.69, 9.17) is 15.0 Å². The fourth-order valence-electron chi connectivity index (χ4n) is 2.74. The molecule has 1 fully saturated rings. The van der Waals surface area contributed by atoms with Crippen LogP contribution < -0.4 is 5.73 Å². The van der Waals surface area contributed by atoms with E-state index in [9.17, 15) is 0 Å². The summed E-state index contributed by atoms with van der Waals surface area (Å²) in [4.78, 5) is 8.66. The van der Waals surface area contributed by atoms with Gasteiger partial charge < -0.3 is 15.0 Å². The largest absolute Gasteiger partial charge is 0.397 e. The molecule has 106 valence electrons. The Kier molecular flexibility index (Phi) is 3.40. The number of hydrogen-bond acceptors (Lipinski definition) is 6. The van der Waals surface area contributed by atoms with Crippen molar-refractivity contribution in [2.45, 2.75) is 37.7 Å². The molecule has 0 spiro atoms. The van der Waals surface area contributed by atoms with Crippen LogP contribution in [-0.4, -0.2) is 22.2 Å². The van der Waals surface area contributed by atoms with E-state index in [0.717, 1.165) is 25.7 Å². The van der Waals surface area contributed by atoms with Crippen LogP contribution in [0.25, 0.3) is 11.6 Å². The maximum Gasteiger partial charge on any atom is 0.278 e. The average Bonchev–Trinajstić information content (AvgIpc) is 2.98. The normalized spacial score (nSPS) is 18.1. The summed E-state index contributed by atoms with van der Waals surface area (Å²) in [6.07, 6.45) is 6.94. The number of pyridine rings is 1. The topological polar surface area (TPSA) is 87.1 Å². The molecule has 1 aliphatic rings. The molecule has 0 radical (unpaired) electrons. The molecule has 1 aliphatic carbocycles. The minimum absolute atomic E-state index is 0.347. The van der Waals surface area contributed by atoms with Crippen molar-refractivity contribution < 1.29 is 9.26 Å². The molecule has 0 aliphatic heterocycles. The third-order valence-corrected chi connectivity index (χ3v) is 3.93. The number of anilines is 1. The van der Waals surface area contributed by atoms with Gasteiger partial charge in [0.1, 0.15) is 5.60 Å². The zero-order valence-electron chi connectivity index (χ0n) is 11.5. The lowest BCUT2D eigenvalue weighted by molar-refractivity contribution is -0.0527. The van der Waals surface area contributed by atoms with Crippen molar-refractivity contribution >= 4 is 5.69 Å². The summed E-state index contributed by atoms with van der Waals surface area (Å²) in [5, 5.41) is 4.09. The number of rotatable bonds is 3. The van der Waals surface area contributed by atoms with E-state index in [-0.39, 0.29) is 0 Å². The number of aromatic nitrogens is 3. The van der Waals surface area contributed by atoms with Crippen molar-refractivity contribution in [1.29, 1.82) is 0 Å². The highest BCUT2D eigenvalue weighted by Crippen LogP contribution is 2.39. The van der Waals surface area contributed by atoms with Crippen molar-refractivity contribution in [2.75, 3.05) is 12.8 Å². The first-order chi connectivity index (χ1) is 9.75. The van der Waals surface area contributed by atoms with E-state index >= 15 is 0 Å². The van der Waals surface area contributed by atoms with E-state index in [2.05, 4.69) is 15.1 Å². The molecule has 0 atom stereocenters. The molecule has 2 heterocycles. The third-order valence-electron chi connectivity index (χ3n) is 3.93. The molecular weight excluding hydrogens is 256 g/mol. The van der Waals surface area contributed by atoms with Crippen LogP contribution >= 0.6 is 0 Å². The van der Waals surface area contributed by atoms with E-state index in [1.807, 2.05) is 0 Å². The Hall–Kier alpha value is -1.95. The minimum Gasteiger partial charge on any atom is -0.397 e. The Morgan fingerprint density at radius 2 is 2.10 bits per heavy atom. The van der Waals surface area contributed by atoms with E-state index < -0.39 is 5.60 Å². The van der Waals surface area contributed by atoms with Crippen LogP contribution in [0.15, 0.2) is 22.9 Å². The lowest BCUT2D eigenvalue weighted by Crippen LogP contribution is -2.32. The maximum absolute atomic E-state index is 5.88. The number of ether oxygens (including phenoxy) is 1. The number of methoxy groups -OCH3 is 1. The molecule has 0 aromatic carbocycles. The highest BCUT2D eigenvalue weighted by molar-refractivity contribution is 5.65. The third kappa shape index (κ3) is 2.16. The van der Waals surface area contributed by atoms with Crippen LogP contribution in [0.1, 0.15) is 37.9 Å². The molecule has 0 unspecified atom stereocenters. The second-order valence-electron chi connectivity index (χ2n) is 5.12. The predicted molar refractivity (Wildman–Crippen MR) is 73.7 cm³/mol. The van der Waals surface area contributed by atoms with Crippen molar-refractivity contribution in [3.63, 3.8) is 0 Å². The van der Waals surface area contributed by atoms with Crippen LogP contribution in [0.4, 0.5) is 5.69 Å². The Morgan fingerprint density at radius 3 is 2.80 bits per heavy atom. The molecular formula is C14H18N4O2. The van der Waals surface area contributed by atoms with Crippen LogP contribution in [0.2, 0.25) is 0 Å². The van der Waals surface area contributed by atoms with Gasteiger partial charge in [-0.15, -0.1) is 0 Å². The molecule has 0 amide bonds. The fourth-order valence-corrected chi connectivity index (χ4v) is 2.74. The highest BCUT2D eigenvalue weighted by atomic mass is 16.5. The van der Waals surface area contributed by atoms with Gasteiger partial charge in [-0.25, -0.2) is 4.98 Å². The zero-order valence-corrected chi connectivity index (χ0v) is 11.5. The Morgan fingerprint density at radius 1 is 1.30 bits per heavy atom. The van der Waals surface area contributed by atoms with Crippen molar-refractivity contribution in [2.24, 2.45) is 0 Å². The summed E-state index contributed by atoms with van der Waals surface area (Å²) in [6, 6.07) is 3.53. The molecule has 2 aromatic rings. The molecule has 6 nitrogen and oxygen atoms in total. The maximum atomic E-state index is 5.88. The van der Waals surface area contributed by atoms with Gasteiger partial charge in [0.15, 0.2) is 5.69 Å². The first-order valence-electron chi connectivity index (χ1n) is 6.85. The zero-order chi connectivity index (χ0) is 14.0. The van der Waals surface area contributed by atoms with E-state index in [0.29, 0.717) is 23.1 Å². The van der Waals surface area contributed by atoms with Gasteiger partial charge in [-0.1, -0.05) is 24.4 Å². The van der Waals surface area contributed by atoms with E-state index in [1.165, 1.54) is 6.42 Å². The fraction of sp³-hybridized carbons (Fsp3) is 0.500. The summed E-state index contributed by atoms with van der Waals surface area (Å²) in [6.45, 7) is 0. The molecule has 20 heavy (non-hydrogen) atoms. The summed E-state index contributed by atoms with van der Waals surface area (Å²) < 4.78 is 11.0. The average molecular weight is 274 g/mol. The van der Waals surface area contributed by atoms with E-state index in [1.54, 1.807) is 25.4 Å². The molecule has 3 rings (SSSR count). The molecule has 2 aromatic heterocycles. The Balaban J connectivity index is 1.95. The van der Waals surface area contributed by atoms with Gasteiger partial charge in [0.25, 0.3) is 5.89 Å². The molecule has 2 N–H and O–H groups in total. The van der Waals surface area contributed by atoms with Gasteiger partial charge in [0, 0.05) is 13.3 Å². The van der Waals surface area contributed by atoms with Crippen LogP contribution in [-0.2, 0) is 10.3 Å². The first-order valence-corrected chi connectivity index (χ1v) is 6.85. The number of nitrogens with zero attached hydrogens (tertiary/aromatic N) is 3. The second kappa shape index (κ2) is 5.20. The van der Waals surface area contributed by atoms with Gasteiger partial charge in [0.05, 0.1) is 5.69 Å². The van der Waals surface area contributed by atoms with Gasteiger partial charge >= 0.3 is 0 Å². The molecule has 1 saturated carbocycles. The van der Waals surface area contributed by atoms with Crippen LogP contribution in [0, 0.1) is 0 Å². The summed E-state index contributed by atoms with van der Waals surface area (Å²) >= 11 is 0. The Labute approximate surface area is 117 Å². The predicted octanol–water partition coefficient (Wildman–Crippen LogP) is 2.52. The van der Waals surface area contributed by atoms with Crippen molar-refractivity contribution in [1.82, 2.24) is 15.1 Å². The Bertz CT molecular complexity index is 590. The molecule has 0 saturated heterocycles. The lowest BCUT2D eigenvalue weighted by Gasteiger charge is -2.32. The summed E-state index contributed by atoms with van der Waals surface area (Å²) in [5.41, 5.74) is 6.50. The highest BCUT2D eigenvalue weighted by Gasteiger charge is 2.38. The van der Waals surface area contributed by atoms with Gasteiger partial charge in [0.2, 0.25) is 5.82 Å². The smallest absolute Gasteiger partial charge is 0.278 e. The van der Waals surface area contributed by atoms with Crippen molar-refractivity contribution in [3.8, 4) is 11.6 Å². The van der Waals surface area contributed by atoms with Gasteiger partial charge in [-0.05, 0) is 25.0 Å². The lowest BCUT2D eigenvalue weighted by atomic mass is 9.84. The molecule has 0 bridgehead atoms. The van der Waals surface area contributed by atoms with Gasteiger partial charge in [-0.2, -0.15) is 4.98 Å². The first kappa shape index (κ1) is 13.1. The second-order valence-corrected chi connectivity index (χ2v) is 5.12. The summed E-state index contributed by atoms with van der Waals surface area (Å²) in [5.74, 6) is 0.944. The summed E-state index contributed by atoms with van der Waals surface area (Å²) in [7, 11) is 1.70. The van der Waals surface area contributed by atoms with Crippen LogP contribution in [0.5, 0.6) is 0 Å². The standard InChI is InChI=1S/C14H18N4O2/c1-19-14(7-3-2-4-8-14)13-17-12(20-18-13)11-10(15)6-5-9-16-11/h5-6,9H,2-4,7-8,15H2,1H3. The van der Waals surface area contributed by atoms with Gasteiger partial charge in [-0.3, -0.25) is 0 Å². The SMILES string of the molecule is COC1(c2noc(-c3ncccc3N)n2)CCCCC1. The van der Waals surface area contributed by atoms with Crippen LogP contribution in [0.3, 0.4) is 0 Å². The quantitative estimate of drug-likeness (QED) is 0.925. The number of hydrogen-bond donors (Lipinski definition) is 1. The molecule has 6 heteroatoms. The number of nitrogens with two attached hydrogens (primary N) is 1. The van der Waals surface area contributed by atoms with Crippen molar-refractivity contribution in [3.05, 3.63) is 24.2 Å². The number of nitrogen functional groups attached to an aromatic ring is 1. The minimum atomic E-state index is -0.427.